The van der Waals surface area contributed by atoms with E-state index in [4.69, 9.17) is 5.11 Å². The summed E-state index contributed by atoms with van der Waals surface area (Å²) in [5.41, 5.74) is 0. The van der Waals surface area contributed by atoms with Crippen molar-refractivity contribution in [2.75, 3.05) is 14.1 Å². The van der Waals surface area contributed by atoms with Gasteiger partial charge in [-0.05, 0) is 25.7 Å². The maximum absolute atomic E-state index is 11.7. The van der Waals surface area contributed by atoms with Crippen LogP contribution >= 0.6 is 0 Å². The van der Waals surface area contributed by atoms with Gasteiger partial charge in [0.05, 0.1) is 6.34 Å². The Labute approximate surface area is 101 Å². The highest BCUT2D eigenvalue weighted by molar-refractivity contribution is 5.86. The van der Waals surface area contributed by atoms with Crippen molar-refractivity contribution in [2.24, 2.45) is 10.9 Å². The maximum Gasteiger partial charge on any atom is 0.404 e. The molecule has 2 N–H and O–H groups in total. The molecule has 0 aliphatic heterocycles. The van der Waals surface area contributed by atoms with Crippen LogP contribution < -0.4 is 5.32 Å². The summed E-state index contributed by atoms with van der Waals surface area (Å²) in [6, 6.07) is -0.0191. The molecule has 1 aliphatic carbocycles. The van der Waals surface area contributed by atoms with Gasteiger partial charge in [-0.2, -0.15) is 0 Å². The van der Waals surface area contributed by atoms with Crippen molar-refractivity contribution >= 4 is 18.3 Å². The third kappa shape index (κ3) is 4.84. The number of carbonyl (C=O) groups is 2. The van der Waals surface area contributed by atoms with E-state index in [2.05, 4.69) is 10.3 Å². The van der Waals surface area contributed by atoms with Crippen LogP contribution in [-0.4, -0.2) is 48.5 Å². The van der Waals surface area contributed by atoms with Crippen LogP contribution in [-0.2, 0) is 4.79 Å². The minimum Gasteiger partial charge on any atom is -0.465 e. The number of carbonyl (C=O) groups excluding carboxylic acids is 1. The molecule has 1 saturated carbocycles. The topological polar surface area (TPSA) is 82.0 Å². The lowest BCUT2D eigenvalue weighted by molar-refractivity contribution is -0.122. The molecule has 0 heterocycles. The molecule has 2 amide bonds. The lowest BCUT2D eigenvalue weighted by Crippen LogP contribution is -2.37. The summed E-state index contributed by atoms with van der Waals surface area (Å²) in [5.74, 6) is -0.162. The van der Waals surface area contributed by atoms with Gasteiger partial charge in [0.1, 0.15) is 0 Å². The molecular formula is C11H19N3O3. The summed E-state index contributed by atoms with van der Waals surface area (Å²) >= 11 is 0. The minimum absolute atomic E-state index is 0.0191. The van der Waals surface area contributed by atoms with Gasteiger partial charge in [0.25, 0.3) is 0 Å². The standard InChI is InChI=1S/C11H19N3O3/c1-14(2)7-12-10(15)8-3-5-9(6-4-8)13-11(16)17/h7-9,13H,3-6H2,1-2H3,(H,16,17)/b12-7+. The fourth-order valence-electron chi connectivity index (χ4n) is 1.94. The Hall–Kier alpha value is -1.59. The highest BCUT2D eigenvalue weighted by atomic mass is 16.4. The van der Waals surface area contributed by atoms with E-state index < -0.39 is 6.09 Å². The second-order valence-electron chi connectivity index (χ2n) is 4.54. The quantitative estimate of drug-likeness (QED) is 0.569. The average molecular weight is 241 g/mol. The van der Waals surface area contributed by atoms with Crippen molar-refractivity contribution in [1.29, 1.82) is 0 Å². The van der Waals surface area contributed by atoms with E-state index in [0.717, 1.165) is 0 Å². The van der Waals surface area contributed by atoms with Gasteiger partial charge in [0, 0.05) is 26.1 Å². The molecule has 96 valence electrons. The number of rotatable bonds is 3. The van der Waals surface area contributed by atoms with Crippen LogP contribution in [0.2, 0.25) is 0 Å². The normalized spacial score (nSPS) is 24.6. The van der Waals surface area contributed by atoms with Gasteiger partial charge >= 0.3 is 6.09 Å². The van der Waals surface area contributed by atoms with Gasteiger partial charge < -0.3 is 15.3 Å². The third-order valence-corrected chi connectivity index (χ3v) is 2.82. The van der Waals surface area contributed by atoms with Gasteiger partial charge in [0.15, 0.2) is 0 Å². The molecule has 1 aliphatic rings. The third-order valence-electron chi connectivity index (χ3n) is 2.82. The first-order valence-electron chi connectivity index (χ1n) is 5.73. The highest BCUT2D eigenvalue weighted by Gasteiger charge is 2.26. The SMILES string of the molecule is CN(C)/C=N/C(=O)C1CCC(NC(=O)O)CC1. The second-order valence-corrected chi connectivity index (χ2v) is 4.54. The molecule has 0 radical (unpaired) electrons. The Morgan fingerprint density at radius 2 is 1.88 bits per heavy atom. The molecule has 6 heteroatoms. The Balaban J connectivity index is 2.36. The molecule has 1 rings (SSSR count). The predicted octanol–water partition coefficient (Wildman–Crippen LogP) is 0.929. The molecule has 0 unspecified atom stereocenters. The Kier molecular flexibility index (Phi) is 4.93. The number of amides is 2. The van der Waals surface area contributed by atoms with E-state index in [1.807, 2.05) is 14.1 Å². The molecule has 6 nitrogen and oxygen atoms in total. The summed E-state index contributed by atoms with van der Waals surface area (Å²) in [5, 5.41) is 11.0. The van der Waals surface area contributed by atoms with Crippen molar-refractivity contribution in [3.8, 4) is 0 Å². The van der Waals surface area contributed by atoms with Gasteiger partial charge in [-0.15, -0.1) is 0 Å². The first-order chi connectivity index (χ1) is 7.99. The van der Waals surface area contributed by atoms with Crippen molar-refractivity contribution in [2.45, 2.75) is 31.7 Å². The zero-order chi connectivity index (χ0) is 12.8. The van der Waals surface area contributed by atoms with Crippen molar-refractivity contribution in [3.63, 3.8) is 0 Å². The highest BCUT2D eigenvalue weighted by Crippen LogP contribution is 2.25. The molecule has 17 heavy (non-hydrogen) atoms. The first-order valence-corrected chi connectivity index (χ1v) is 5.73. The maximum atomic E-state index is 11.7. The summed E-state index contributed by atoms with van der Waals surface area (Å²) in [6.07, 6.45) is 3.33. The number of nitrogens with zero attached hydrogens (tertiary/aromatic N) is 2. The smallest absolute Gasteiger partial charge is 0.404 e. The van der Waals surface area contributed by atoms with Crippen molar-refractivity contribution in [3.05, 3.63) is 0 Å². The van der Waals surface area contributed by atoms with E-state index in [0.29, 0.717) is 25.7 Å². The van der Waals surface area contributed by atoms with Crippen LogP contribution in [0.15, 0.2) is 4.99 Å². The van der Waals surface area contributed by atoms with Crippen LogP contribution in [0.3, 0.4) is 0 Å². The second kappa shape index (κ2) is 6.22. The first kappa shape index (κ1) is 13.5. The largest absolute Gasteiger partial charge is 0.465 e. The van der Waals surface area contributed by atoms with E-state index >= 15 is 0 Å². The lowest BCUT2D eigenvalue weighted by Gasteiger charge is -2.26. The van der Waals surface area contributed by atoms with Crippen LogP contribution in [0.1, 0.15) is 25.7 Å². The minimum atomic E-state index is -0.995. The number of hydrogen-bond donors (Lipinski definition) is 2. The summed E-state index contributed by atoms with van der Waals surface area (Å²) < 4.78 is 0. The molecule has 1 fully saturated rings. The average Bonchev–Trinajstić information content (AvgIpc) is 2.26. The van der Waals surface area contributed by atoms with Gasteiger partial charge in [-0.25, -0.2) is 9.79 Å². The fourth-order valence-corrected chi connectivity index (χ4v) is 1.94. The number of carboxylic acid groups (broad SMARTS) is 1. The van der Waals surface area contributed by atoms with Crippen LogP contribution in [0.5, 0.6) is 0 Å². The molecule has 0 aromatic heterocycles. The van der Waals surface area contributed by atoms with E-state index in [-0.39, 0.29) is 17.9 Å². The zero-order valence-electron chi connectivity index (χ0n) is 10.2. The summed E-state index contributed by atoms with van der Waals surface area (Å²) in [7, 11) is 3.62. The molecular weight excluding hydrogens is 222 g/mol. The molecule has 0 aromatic rings. The van der Waals surface area contributed by atoms with Gasteiger partial charge in [-0.1, -0.05) is 0 Å². The van der Waals surface area contributed by atoms with E-state index in [9.17, 15) is 9.59 Å². The molecule has 0 saturated heterocycles. The number of nitrogens with one attached hydrogen (secondary N) is 1. The van der Waals surface area contributed by atoms with E-state index in [1.165, 1.54) is 6.34 Å². The molecule has 0 aromatic carbocycles. The van der Waals surface area contributed by atoms with Crippen LogP contribution in [0.25, 0.3) is 0 Å². The predicted molar refractivity (Wildman–Crippen MR) is 64.1 cm³/mol. The monoisotopic (exact) mass is 241 g/mol. The Bertz CT molecular complexity index is 307. The Morgan fingerprint density at radius 1 is 1.29 bits per heavy atom. The van der Waals surface area contributed by atoms with Gasteiger partial charge in [-0.3, -0.25) is 4.79 Å². The summed E-state index contributed by atoms with van der Waals surface area (Å²) in [4.78, 5) is 27.7. The fraction of sp³-hybridized carbons (Fsp3) is 0.727. The zero-order valence-corrected chi connectivity index (χ0v) is 10.2. The summed E-state index contributed by atoms with van der Waals surface area (Å²) in [6.45, 7) is 0. The van der Waals surface area contributed by atoms with E-state index in [1.54, 1.807) is 4.90 Å². The molecule has 0 spiro atoms. The lowest BCUT2D eigenvalue weighted by atomic mass is 9.85. The number of hydrogen-bond acceptors (Lipinski definition) is 2. The Morgan fingerprint density at radius 3 is 2.35 bits per heavy atom. The molecule has 0 atom stereocenters. The van der Waals surface area contributed by atoms with Crippen molar-refractivity contribution in [1.82, 2.24) is 10.2 Å². The number of aliphatic imine (C=N–C) groups is 1. The van der Waals surface area contributed by atoms with Crippen molar-refractivity contribution < 1.29 is 14.7 Å². The van der Waals surface area contributed by atoms with Crippen LogP contribution in [0.4, 0.5) is 4.79 Å². The van der Waals surface area contributed by atoms with Crippen LogP contribution in [0, 0.1) is 5.92 Å². The van der Waals surface area contributed by atoms with Gasteiger partial charge in [0.2, 0.25) is 5.91 Å². The molecule has 0 bridgehead atoms.